The molecule has 0 atom stereocenters. The fraction of sp³-hybridized carbons (Fsp3) is 0.462. The summed E-state index contributed by atoms with van der Waals surface area (Å²) < 4.78 is 4.06. The second kappa shape index (κ2) is 5.18. The molecular formula is C13H16ClN5S. The van der Waals surface area contributed by atoms with Gasteiger partial charge in [0.05, 0.1) is 12.2 Å². The summed E-state index contributed by atoms with van der Waals surface area (Å²) in [4.78, 5) is 10.4. The number of rotatable bonds is 4. The molecule has 0 spiro atoms. The lowest BCUT2D eigenvalue weighted by molar-refractivity contribution is 0.690. The Morgan fingerprint density at radius 2 is 2.15 bits per heavy atom. The molecule has 0 amide bonds. The van der Waals surface area contributed by atoms with E-state index in [1.54, 1.807) is 11.3 Å². The fourth-order valence-corrected chi connectivity index (χ4v) is 3.38. The number of fused-ring (bicyclic) bond motifs is 1. The highest BCUT2D eigenvalue weighted by atomic mass is 35.5. The highest BCUT2D eigenvalue weighted by molar-refractivity contribution is 7.11. The van der Waals surface area contributed by atoms with Crippen LogP contribution in [0.15, 0.2) is 6.20 Å². The predicted octanol–water partition coefficient (Wildman–Crippen LogP) is 2.67. The third kappa shape index (κ3) is 2.23. The van der Waals surface area contributed by atoms with E-state index in [-0.39, 0.29) is 0 Å². The molecule has 3 heterocycles. The molecule has 3 aromatic heterocycles. The Morgan fingerprint density at radius 1 is 1.35 bits per heavy atom. The molecule has 0 aliphatic rings. The van der Waals surface area contributed by atoms with Gasteiger partial charge in [0.1, 0.15) is 16.3 Å². The molecule has 0 saturated carbocycles. The van der Waals surface area contributed by atoms with Crippen molar-refractivity contribution in [3.63, 3.8) is 0 Å². The van der Waals surface area contributed by atoms with Gasteiger partial charge in [0, 0.05) is 30.4 Å². The Morgan fingerprint density at radius 3 is 2.80 bits per heavy atom. The van der Waals surface area contributed by atoms with Crippen LogP contribution in [0.5, 0.6) is 0 Å². The minimum atomic E-state index is 0.562. The molecule has 0 N–H and O–H groups in total. The van der Waals surface area contributed by atoms with Gasteiger partial charge in [-0.15, -0.1) is 22.9 Å². The first kappa shape index (κ1) is 13.6. The second-order valence-electron chi connectivity index (χ2n) is 4.80. The van der Waals surface area contributed by atoms with Crippen LogP contribution in [0.2, 0.25) is 0 Å². The van der Waals surface area contributed by atoms with E-state index < -0.39 is 0 Å². The van der Waals surface area contributed by atoms with Gasteiger partial charge < -0.3 is 4.57 Å². The normalized spacial score (nSPS) is 11.6. The van der Waals surface area contributed by atoms with Crippen molar-refractivity contribution in [2.24, 2.45) is 7.05 Å². The molecular weight excluding hydrogens is 294 g/mol. The van der Waals surface area contributed by atoms with E-state index in [0.717, 1.165) is 40.7 Å². The number of hydrogen-bond donors (Lipinski definition) is 0. The van der Waals surface area contributed by atoms with Crippen molar-refractivity contribution in [1.29, 1.82) is 0 Å². The first-order valence-electron chi connectivity index (χ1n) is 6.46. The summed E-state index contributed by atoms with van der Waals surface area (Å²) in [6.07, 6.45) is 2.66. The molecule has 0 saturated heterocycles. The second-order valence-corrected chi connectivity index (χ2v) is 6.50. The number of aryl methyl sites for hydroxylation is 4. The van der Waals surface area contributed by atoms with E-state index >= 15 is 0 Å². The smallest absolute Gasteiger partial charge is 0.159 e. The molecule has 106 valence electrons. The number of aromatic nitrogens is 5. The predicted molar refractivity (Wildman–Crippen MR) is 81.6 cm³/mol. The number of alkyl halides is 1. The summed E-state index contributed by atoms with van der Waals surface area (Å²) in [5.74, 6) is 1.56. The first-order chi connectivity index (χ1) is 9.60. The zero-order chi connectivity index (χ0) is 14.3. The average Bonchev–Trinajstić information content (AvgIpc) is 3.02. The summed E-state index contributed by atoms with van der Waals surface area (Å²) in [7, 11) is 1.95. The third-order valence-corrected chi connectivity index (χ3v) is 4.34. The number of imidazole rings is 1. The largest absolute Gasteiger partial charge is 0.306 e. The summed E-state index contributed by atoms with van der Waals surface area (Å²) in [6, 6.07) is 0. The van der Waals surface area contributed by atoms with E-state index in [9.17, 15) is 0 Å². The van der Waals surface area contributed by atoms with Crippen molar-refractivity contribution in [2.75, 3.05) is 5.88 Å². The van der Waals surface area contributed by atoms with Gasteiger partial charge in [0.15, 0.2) is 5.65 Å². The molecule has 20 heavy (non-hydrogen) atoms. The maximum Gasteiger partial charge on any atom is 0.159 e. The van der Waals surface area contributed by atoms with Gasteiger partial charge in [-0.25, -0.2) is 9.97 Å². The molecule has 0 radical (unpaired) electrons. The number of thiazole rings is 1. The van der Waals surface area contributed by atoms with Gasteiger partial charge in [-0.3, -0.25) is 4.68 Å². The van der Waals surface area contributed by atoms with Crippen molar-refractivity contribution >= 4 is 34.1 Å². The van der Waals surface area contributed by atoms with E-state index in [0.29, 0.717) is 5.88 Å². The van der Waals surface area contributed by atoms with Crippen molar-refractivity contribution in [3.8, 4) is 0 Å². The minimum absolute atomic E-state index is 0.562. The number of halogens is 1. The van der Waals surface area contributed by atoms with E-state index in [1.165, 1.54) is 4.88 Å². The van der Waals surface area contributed by atoms with Gasteiger partial charge in [-0.2, -0.15) is 5.10 Å². The van der Waals surface area contributed by atoms with Crippen LogP contribution in [0.3, 0.4) is 0 Å². The van der Waals surface area contributed by atoms with E-state index in [1.807, 2.05) is 24.9 Å². The molecule has 0 aromatic carbocycles. The minimum Gasteiger partial charge on any atom is -0.306 e. The third-order valence-electron chi connectivity index (χ3n) is 3.25. The van der Waals surface area contributed by atoms with Crippen molar-refractivity contribution < 1.29 is 0 Å². The van der Waals surface area contributed by atoms with Crippen LogP contribution in [0.1, 0.15) is 21.4 Å². The van der Waals surface area contributed by atoms with Crippen LogP contribution >= 0.6 is 22.9 Å². The van der Waals surface area contributed by atoms with Gasteiger partial charge in [0.25, 0.3) is 0 Å². The Bertz CT molecular complexity index is 754. The Hall–Kier alpha value is -1.40. The molecule has 0 bridgehead atoms. The summed E-state index contributed by atoms with van der Waals surface area (Å²) in [6.45, 7) is 4.77. The molecule has 5 nitrogen and oxygen atoms in total. The van der Waals surface area contributed by atoms with Crippen molar-refractivity contribution in [3.05, 3.63) is 27.6 Å². The van der Waals surface area contributed by atoms with Gasteiger partial charge in [-0.05, 0) is 13.8 Å². The van der Waals surface area contributed by atoms with E-state index in [2.05, 4.69) is 21.6 Å². The van der Waals surface area contributed by atoms with Crippen LogP contribution < -0.4 is 0 Å². The summed E-state index contributed by atoms with van der Waals surface area (Å²) >= 11 is 7.61. The Labute approximate surface area is 126 Å². The van der Waals surface area contributed by atoms with Crippen LogP contribution in [0.25, 0.3) is 11.2 Å². The Balaban J connectivity index is 2.12. The van der Waals surface area contributed by atoms with Gasteiger partial charge in [-0.1, -0.05) is 0 Å². The standard InChI is InChI=1S/C13H16ClN5S/c1-8-6-15-11(20-8)7-19-10(4-5-14)16-12-9(2)17-18(3)13(12)19/h6H,4-5,7H2,1-3H3. The van der Waals surface area contributed by atoms with Crippen molar-refractivity contribution in [2.45, 2.75) is 26.8 Å². The molecule has 7 heteroatoms. The summed E-state index contributed by atoms with van der Waals surface area (Å²) in [5.41, 5.74) is 2.95. The average molecular weight is 310 g/mol. The van der Waals surface area contributed by atoms with Crippen molar-refractivity contribution in [1.82, 2.24) is 24.3 Å². The zero-order valence-corrected chi connectivity index (χ0v) is 13.3. The maximum absolute atomic E-state index is 5.90. The van der Waals surface area contributed by atoms with Crippen LogP contribution in [-0.4, -0.2) is 30.2 Å². The van der Waals surface area contributed by atoms with E-state index in [4.69, 9.17) is 16.6 Å². The van der Waals surface area contributed by atoms with Crippen LogP contribution in [-0.2, 0) is 20.0 Å². The highest BCUT2D eigenvalue weighted by Crippen LogP contribution is 2.22. The summed E-state index contributed by atoms with van der Waals surface area (Å²) in [5, 5.41) is 5.52. The van der Waals surface area contributed by atoms with Gasteiger partial charge in [0.2, 0.25) is 0 Å². The molecule has 3 rings (SSSR count). The SMILES string of the molecule is Cc1cnc(Cn2c(CCCl)nc3c(C)nn(C)c32)s1. The molecule has 0 aliphatic carbocycles. The highest BCUT2D eigenvalue weighted by Gasteiger charge is 2.17. The zero-order valence-electron chi connectivity index (χ0n) is 11.7. The Kier molecular flexibility index (Phi) is 3.52. The molecule has 0 fully saturated rings. The topological polar surface area (TPSA) is 48.5 Å². The van der Waals surface area contributed by atoms with Crippen LogP contribution in [0.4, 0.5) is 0 Å². The number of hydrogen-bond acceptors (Lipinski definition) is 4. The monoisotopic (exact) mass is 309 g/mol. The number of nitrogens with zero attached hydrogens (tertiary/aromatic N) is 5. The maximum atomic E-state index is 5.90. The first-order valence-corrected chi connectivity index (χ1v) is 7.81. The van der Waals surface area contributed by atoms with Crippen LogP contribution in [0, 0.1) is 13.8 Å². The lowest BCUT2D eigenvalue weighted by Crippen LogP contribution is -2.09. The lowest BCUT2D eigenvalue weighted by atomic mass is 10.4. The van der Waals surface area contributed by atoms with Gasteiger partial charge >= 0.3 is 0 Å². The quantitative estimate of drug-likeness (QED) is 0.696. The molecule has 0 aliphatic heterocycles. The lowest BCUT2D eigenvalue weighted by Gasteiger charge is -2.06. The molecule has 0 unspecified atom stereocenters. The molecule has 3 aromatic rings. The fourth-order valence-electron chi connectivity index (χ4n) is 2.43.